The van der Waals surface area contributed by atoms with Gasteiger partial charge in [0.1, 0.15) is 19.0 Å². The zero-order valence-corrected chi connectivity index (χ0v) is 26.5. The Balaban J connectivity index is 0.000000635. The zero-order chi connectivity index (χ0) is 32.5. The van der Waals surface area contributed by atoms with E-state index in [1.54, 1.807) is 7.11 Å². The van der Waals surface area contributed by atoms with Crippen LogP contribution < -0.4 is 19.5 Å². The average molecular weight is 647 g/mol. The first-order chi connectivity index (χ1) is 22.3. The lowest BCUT2D eigenvalue weighted by Crippen LogP contribution is -2.30. The summed E-state index contributed by atoms with van der Waals surface area (Å²) < 4.78 is 19.1. The number of carbonyl (C=O) groups is 3. The van der Waals surface area contributed by atoms with E-state index in [0.29, 0.717) is 19.6 Å². The molecule has 1 atom stereocenters. The molecule has 0 radical (unpaired) electrons. The maximum atomic E-state index is 11.5. The molecule has 2 aliphatic rings. The molecule has 1 amide bonds. The molecule has 0 saturated carbocycles. The molecular formula is C35H38N2O8S. The van der Waals surface area contributed by atoms with E-state index < -0.39 is 11.9 Å². The van der Waals surface area contributed by atoms with Crippen molar-refractivity contribution in [2.75, 3.05) is 40.0 Å². The van der Waals surface area contributed by atoms with Gasteiger partial charge in [-0.05, 0) is 103 Å². The molecular weight excluding hydrogens is 608 g/mol. The Hall–Kier alpha value is -4.61. The van der Waals surface area contributed by atoms with Crippen LogP contribution in [-0.4, -0.2) is 79.0 Å². The Labute approximate surface area is 271 Å². The molecule has 4 aromatic rings. The summed E-state index contributed by atoms with van der Waals surface area (Å²) in [7, 11) is 1.71. The van der Waals surface area contributed by atoms with E-state index in [-0.39, 0.29) is 11.9 Å². The number of aliphatic carboxylic acids is 2. The van der Waals surface area contributed by atoms with Crippen molar-refractivity contribution < 1.29 is 38.8 Å². The topological polar surface area (TPSA) is 135 Å². The van der Waals surface area contributed by atoms with Crippen molar-refractivity contribution in [2.24, 2.45) is 0 Å². The molecule has 0 bridgehead atoms. The van der Waals surface area contributed by atoms with Crippen LogP contribution in [0.15, 0.2) is 66.7 Å². The van der Waals surface area contributed by atoms with Gasteiger partial charge in [-0.15, -0.1) is 11.3 Å². The van der Waals surface area contributed by atoms with Gasteiger partial charge in [0.15, 0.2) is 11.5 Å². The van der Waals surface area contributed by atoms with Gasteiger partial charge in [-0.25, -0.2) is 9.59 Å². The Morgan fingerprint density at radius 1 is 0.957 bits per heavy atom. The fourth-order valence-electron chi connectivity index (χ4n) is 5.65. The van der Waals surface area contributed by atoms with Crippen LogP contribution in [0.1, 0.15) is 36.8 Å². The molecule has 3 heterocycles. The number of ether oxygens (including phenoxy) is 3. The number of hydrogen-bond acceptors (Lipinski definition) is 8. The second-order valence-electron chi connectivity index (χ2n) is 11.2. The number of rotatable bonds is 11. The summed E-state index contributed by atoms with van der Waals surface area (Å²) in [5.74, 6) is -1.14. The van der Waals surface area contributed by atoms with Gasteiger partial charge in [0.25, 0.3) is 0 Å². The van der Waals surface area contributed by atoms with Crippen LogP contribution >= 0.6 is 11.3 Å². The van der Waals surface area contributed by atoms with E-state index in [4.69, 9.17) is 34.0 Å². The second kappa shape index (κ2) is 15.6. The number of carboxylic acid groups (broad SMARTS) is 2. The van der Waals surface area contributed by atoms with E-state index in [9.17, 15) is 4.79 Å². The van der Waals surface area contributed by atoms with E-state index in [1.165, 1.54) is 57.6 Å². The van der Waals surface area contributed by atoms with E-state index in [0.717, 1.165) is 36.6 Å². The quantitative estimate of drug-likeness (QED) is 0.182. The van der Waals surface area contributed by atoms with Crippen LogP contribution in [0.25, 0.3) is 20.5 Å². The molecule has 242 valence electrons. The summed E-state index contributed by atoms with van der Waals surface area (Å²) in [4.78, 5) is 33.4. The van der Waals surface area contributed by atoms with Gasteiger partial charge in [0.2, 0.25) is 5.91 Å². The van der Waals surface area contributed by atoms with Crippen LogP contribution in [0.4, 0.5) is 0 Å². The molecule has 2 aliphatic heterocycles. The first-order valence-corrected chi connectivity index (χ1v) is 16.1. The highest BCUT2D eigenvalue weighted by atomic mass is 32.1. The largest absolute Gasteiger partial charge is 0.493 e. The summed E-state index contributed by atoms with van der Waals surface area (Å²) in [5, 5.41) is 19.0. The fraction of sp³-hybridized carbons (Fsp3) is 0.343. The number of carboxylic acids is 2. The summed E-state index contributed by atoms with van der Waals surface area (Å²) in [5.41, 5.74) is 3.67. The van der Waals surface area contributed by atoms with E-state index in [2.05, 4.69) is 58.7 Å². The average Bonchev–Trinajstić information content (AvgIpc) is 3.82. The van der Waals surface area contributed by atoms with Crippen molar-refractivity contribution in [3.05, 3.63) is 77.9 Å². The van der Waals surface area contributed by atoms with Gasteiger partial charge >= 0.3 is 11.9 Å². The van der Waals surface area contributed by atoms with Crippen LogP contribution in [0.3, 0.4) is 0 Å². The number of nitrogens with zero attached hydrogens (tertiary/aromatic N) is 1. The Bertz CT molecular complexity index is 1650. The molecule has 46 heavy (non-hydrogen) atoms. The van der Waals surface area contributed by atoms with Crippen LogP contribution in [0.2, 0.25) is 0 Å². The van der Waals surface area contributed by atoms with Crippen LogP contribution in [0, 0.1) is 0 Å². The zero-order valence-electron chi connectivity index (χ0n) is 25.7. The predicted octanol–water partition coefficient (Wildman–Crippen LogP) is 5.46. The van der Waals surface area contributed by atoms with Crippen molar-refractivity contribution in [2.45, 2.75) is 38.1 Å². The number of methoxy groups -OCH3 is 1. The summed E-state index contributed by atoms with van der Waals surface area (Å²) in [6.07, 6.45) is 4.79. The smallest absolute Gasteiger partial charge is 0.414 e. The summed E-state index contributed by atoms with van der Waals surface area (Å²) >= 11 is 1.82. The normalized spacial score (nSPS) is 16.0. The molecule has 0 unspecified atom stereocenters. The molecule has 6 rings (SSSR count). The highest BCUT2D eigenvalue weighted by Crippen LogP contribution is 2.41. The van der Waals surface area contributed by atoms with Gasteiger partial charge in [0, 0.05) is 22.5 Å². The molecule has 0 spiro atoms. The maximum Gasteiger partial charge on any atom is 0.414 e. The van der Waals surface area contributed by atoms with Crippen molar-refractivity contribution in [1.82, 2.24) is 10.2 Å². The van der Waals surface area contributed by atoms with Crippen molar-refractivity contribution in [1.29, 1.82) is 0 Å². The number of carbonyl (C=O) groups excluding carboxylic acids is 1. The number of thiophene rings is 1. The summed E-state index contributed by atoms with van der Waals surface area (Å²) in [6, 6.07) is 23.3. The fourth-order valence-corrected chi connectivity index (χ4v) is 6.87. The summed E-state index contributed by atoms with van der Waals surface area (Å²) in [6.45, 7) is 4.47. The minimum atomic E-state index is -1.82. The SMILES string of the molecule is COc1cc(Cc2c(-c3ccc(OC[C@H]4CCC(=O)N4)cc3)sc3ccccc23)ccc1OCCN1CCCC1.O=C(O)C(=O)O. The number of nitrogens with one attached hydrogen (secondary N) is 1. The Morgan fingerprint density at radius 3 is 2.37 bits per heavy atom. The number of amides is 1. The third-order valence-electron chi connectivity index (χ3n) is 8.01. The number of hydrogen-bond donors (Lipinski definition) is 3. The predicted molar refractivity (Wildman–Crippen MR) is 176 cm³/mol. The standard InChI is InChI=1S/C33H36N2O4S.C2H2O4/c1-37-30-21-23(8-14-29(30)38-19-18-35-16-4-5-17-35)20-28-27-6-2-3-7-31(27)40-33(28)24-9-12-26(13-10-24)39-22-25-11-15-32(36)34-25;3-1(4)2(5)6/h2-3,6-10,12-14,21,25H,4-5,11,15-20,22H2,1H3,(H,34,36);(H,3,4)(H,5,6)/t25-;/m1./s1. The van der Waals surface area contributed by atoms with Crippen LogP contribution in [0.5, 0.6) is 17.2 Å². The first kappa shape index (κ1) is 32.8. The van der Waals surface area contributed by atoms with Gasteiger partial charge in [-0.2, -0.15) is 0 Å². The van der Waals surface area contributed by atoms with E-state index in [1.807, 2.05) is 29.5 Å². The lowest BCUT2D eigenvalue weighted by Gasteiger charge is -2.17. The van der Waals surface area contributed by atoms with Crippen molar-refractivity contribution in [3.63, 3.8) is 0 Å². The van der Waals surface area contributed by atoms with Gasteiger partial charge < -0.3 is 29.7 Å². The van der Waals surface area contributed by atoms with E-state index >= 15 is 0 Å². The van der Waals surface area contributed by atoms with Crippen molar-refractivity contribution in [3.8, 4) is 27.7 Å². The molecule has 3 aromatic carbocycles. The highest BCUT2D eigenvalue weighted by molar-refractivity contribution is 7.22. The molecule has 0 aliphatic carbocycles. The second-order valence-corrected chi connectivity index (χ2v) is 12.3. The van der Waals surface area contributed by atoms with Crippen molar-refractivity contribution >= 4 is 39.3 Å². The first-order valence-electron chi connectivity index (χ1n) is 15.3. The third-order valence-corrected chi connectivity index (χ3v) is 9.27. The number of likely N-dealkylation sites (tertiary alicyclic amines) is 1. The molecule has 11 heteroatoms. The maximum absolute atomic E-state index is 11.5. The van der Waals surface area contributed by atoms with Gasteiger partial charge in [-0.1, -0.05) is 24.3 Å². The minimum absolute atomic E-state index is 0.0974. The number of fused-ring (bicyclic) bond motifs is 1. The van der Waals surface area contributed by atoms with Gasteiger partial charge in [0.05, 0.1) is 13.2 Å². The van der Waals surface area contributed by atoms with Gasteiger partial charge in [-0.3, -0.25) is 9.69 Å². The number of benzene rings is 3. The molecule has 2 saturated heterocycles. The molecule has 2 fully saturated rings. The Kier molecular flexibility index (Phi) is 11.1. The highest BCUT2D eigenvalue weighted by Gasteiger charge is 2.21. The molecule has 1 aromatic heterocycles. The van der Waals surface area contributed by atoms with Crippen LogP contribution in [-0.2, 0) is 20.8 Å². The molecule has 10 nitrogen and oxygen atoms in total. The Morgan fingerprint density at radius 2 is 1.70 bits per heavy atom. The third kappa shape index (κ3) is 8.55. The lowest BCUT2D eigenvalue weighted by molar-refractivity contribution is -0.159. The molecule has 3 N–H and O–H groups in total. The lowest BCUT2D eigenvalue weighted by atomic mass is 9.98. The minimum Gasteiger partial charge on any atom is -0.493 e. The monoisotopic (exact) mass is 646 g/mol.